The zero-order chi connectivity index (χ0) is 26.2. The molecule has 0 aliphatic heterocycles. The number of para-hydroxylation sites is 2. The van der Waals surface area contributed by atoms with E-state index in [1.807, 2.05) is 60.7 Å². The van der Waals surface area contributed by atoms with E-state index in [9.17, 15) is 9.59 Å². The minimum atomic E-state index is -0.0129. The monoisotopic (exact) mass is 652 g/mol. The summed E-state index contributed by atoms with van der Waals surface area (Å²) in [5, 5.41) is 1.53. The Morgan fingerprint density at radius 3 is 1.41 bits per heavy atom. The van der Waals surface area contributed by atoms with Crippen molar-refractivity contribution in [2.24, 2.45) is 0 Å². The van der Waals surface area contributed by atoms with E-state index in [1.165, 1.54) is 12.2 Å². The number of nitrogens with one attached hydrogen (secondary N) is 4. The summed E-state index contributed by atoms with van der Waals surface area (Å²) >= 11 is 3.11. The van der Waals surface area contributed by atoms with Crippen LogP contribution < -0.4 is 21.7 Å². The van der Waals surface area contributed by atoms with Crippen LogP contribution in [0.15, 0.2) is 121 Å². The van der Waals surface area contributed by atoms with Crippen molar-refractivity contribution in [1.82, 2.24) is 20.8 Å². The predicted molar refractivity (Wildman–Crippen MR) is 155 cm³/mol. The van der Waals surface area contributed by atoms with Gasteiger partial charge in [0.25, 0.3) is 0 Å². The summed E-state index contributed by atoms with van der Waals surface area (Å²) in [4.78, 5) is 31.8. The number of allylic oxidation sites excluding steroid dienone is 10. The number of hydrogen-bond donors (Lipinski definition) is 4. The Hall–Kier alpha value is -3.88. The number of ketones is 2. The molecule has 2 aromatic heterocycles. The zero-order valence-corrected chi connectivity index (χ0v) is 26.3. The van der Waals surface area contributed by atoms with E-state index < -0.39 is 0 Å². The maximum Gasteiger partial charge on any atom is 0.202 e. The standard InChI is InChI=1S/2C14H11N3OS.Cd/c2*18-12-7-3-1-5-10(12)9-15-17-14-16-11-6-2-4-8-13(11)19-14;/h2*1-9,15H,(H,16,17);/b2*10-9-;. The van der Waals surface area contributed by atoms with E-state index in [-0.39, 0.29) is 38.9 Å². The molecule has 0 saturated carbocycles. The number of fused-ring (bicyclic) bond motifs is 2. The second kappa shape index (κ2) is 13.8. The Kier molecular flexibility index (Phi) is 9.94. The van der Waals surface area contributed by atoms with Gasteiger partial charge in [-0.15, -0.1) is 0 Å². The van der Waals surface area contributed by atoms with E-state index in [2.05, 4.69) is 31.7 Å². The Morgan fingerprint density at radius 2 is 1.00 bits per heavy atom. The molecule has 0 atom stereocenters. The van der Waals surface area contributed by atoms with Gasteiger partial charge in [0.15, 0.2) is 11.6 Å². The molecule has 0 saturated heterocycles. The van der Waals surface area contributed by atoms with Gasteiger partial charge in [0, 0.05) is 50.8 Å². The van der Waals surface area contributed by atoms with Crippen molar-refractivity contribution >= 4 is 64.9 Å². The average molecular weight is 651 g/mol. The van der Waals surface area contributed by atoms with Crippen molar-refractivity contribution in [3.63, 3.8) is 0 Å². The first-order valence-electron chi connectivity index (χ1n) is 11.6. The van der Waals surface area contributed by atoms with E-state index in [0.717, 1.165) is 30.7 Å². The van der Waals surface area contributed by atoms with Crippen LogP contribution in [0.25, 0.3) is 20.4 Å². The maximum atomic E-state index is 11.5. The third-order valence-corrected chi connectivity index (χ3v) is 7.14. The number of benzene rings is 2. The number of anilines is 2. The van der Waals surface area contributed by atoms with E-state index in [4.69, 9.17) is 0 Å². The molecule has 2 heterocycles. The van der Waals surface area contributed by atoms with Gasteiger partial charge in [-0.2, -0.15) is 0 Å². The second-order valence-corrected chi connectivity index (χ2v) is 9.94. The fourth-order valence-electron chi connectivity index (χ4n) is 3.40. The van der Waals surface area contributed by atoms with Crippen molar-refractivity contribution in [3.8, 4) is 0 Å². The quantitative estimate of drug-likeness (QED) is 0.122. The second-order valence-electron chi connectivity index (χ2n) is 7.88. The molecule has 190 valence electrons. The summed E-state index contributed by atoms with van der Waals surface area (Å²) in [6.07, 6.45) is 16.9. The number of rotatable bonds is 6. The summed E-state index contributed by atoms with van der Waals surface area (Å²) in [5.41, 5.74) is 14.9. The first kappa shape index (κ1) is 28.1. The van der Waals surface area contributed by atoms with Gasteiger partial charge in [-0.25, -0.2) is 9.97 Å². The summed E-state index contributed by atoms with van der Waals surface area (Å²) in [6.45, 7) is 0. The van der Waals surface area contributed by atoms with E-state index >= 15 is 0 Å². The molecule has 4 N–H and O–H groups in total. The van der Waals surface area contributed by atoms with E-state index in [0.29, 0.717) is 11.1 Å². The average Bonchev–Trinajstić information content (AvgIpc) is 3.55. The van der Waals surface area contributed by atoms with Crippen LogP contribution in [0.3, 0.4) is 0 Å². The molecular formula is C28H22CdN6O2S2. The van der Waals surface area contributed by atoms with Crippen molar-refractivity contribution in [1.29, 1.82) is 0 Å². The first-order valence-corrected chi connectivity index (χ1v) is 13.2. The fraction of sp³-hybridized carbons (Fsp3) is 0. The van der Waals surface area contributed by atoms with Crippen LogP contribution in [0.5, 0.6) is 0 Å². The molecular weight excluding hydrogens is 629 g/mol. The van der Waals surface area contributed by atoms with Crippen LogP contribution in [0.4, 0.5) is 10.3 Å². The van der Waals surface area contributed by atoms with Crippen LogP contribution in [0.1, 0.15) is 0 Å². The first-order chi connectivity index (χ1) is 18.7. The van der Waals surface area contributed by atoms with Gasteiger partial charge in [0.2, 0.25) is 10.3 Å². The van der Waals surface area contributed by atoms with Crippen LogP contribution in [0, 0.1) is 0 Å². The van der Waals surface area contributed by atoms with Crippen LogP contribution >= 0.6 is 22.7 Å². The Bertz CT molecular complexity index is 1490. The molecule has 0 bridgehead atoms. The van der Waals surface area contributed by atoms with Crippen molar-refractivity contribution in [3.05, 3.63) is 121 Å². The smallest absolute Gasteiger partial charge is 0.202 e. The Labute approximate surface area is 252 Å². The molecule has 6 rings (SSSR count). The number of thiazole rings is 2. The molecule has 8 nitrogen and oxygen atoms in total. The number of hydrazine groups is 2. The van der Waals surface area contributed by atoms with Crippen molar-refractivity contribution < 1.29 is 36.9 Å². The fourth-order valence-corrected chi connectivity index (χ4v) is 5.06. The van der Waals surface area contributed by atoms with Crippen molar-refractivity contribution in [2.45, 2.75) is 0 Å². The molecule has 0 radical (unpaired) electrons. The van der Waals surface area contributed by atoms with Gasteiger partial charge in [0.05, 0.1) is 20.4 Å². The molecule has 4 aromatic rings. The van der Waals surface area contributed by atoms with Gasteiger partial charge < -0.3 is 10.9 Å². The summed E-state index contributed by atoms with van der Waals surface area (Å²) < 4.78 is 2.24. The van der Waals surface area contributed by atoms with Gasteiger partial charge >= 0.3 is 0 Å². The molecule has 11 heteroatoms. The normalized spacial score (nSPS) is 15.8. The molecule has 39 heavy (non-hydrogen) atoms. The van der Waals surface area contributed by atoms with Crippen molar-refractivity contribution in [2.75, 3.05) is 10.9 Å². The van der Waals surface area contributed by atoms with Crippen LogP contribution in [0.2, 0.25) is 0 Å². The molecule has 2 aromatic carbocycles. The summed E-state index contributed by atoms with van der Waals surface area (Å²) in [6, 6.07) is 15.9. The SMILES string of the molecule is O=C1C=CC=C/C1=C/NNc1nc2ccccc2s1.O=C1C=CC=C/C1=C/NNc1nc2ccccc2s1.[Cd]. The van der Waals surface area contributed by atoms with Gasteiger partial charge in [-0.05, 0) is 48.6 Å². The minimum Gasteiger partial charge on any atom is -0.306 e. The number of carbonyl (C=O) groups excluding carboxylic acids is 2. The minimum absolute atomic E-state index is 0. The molecule has 2 aliphatic carbocycles. The number of nitrogens with zero attached hydrogens (tertiary/aromatic N) is 2. The number of carbonyl (C=O) groups is 2. The molecule has 0 amide bonds. The maximum absolute atomic E-state index is 11.5. The topological polar surface area (TPSA) is 108 Å². The van der Waals surface area contributed by atoms with Gasteiger partial charge in [-0.3, -0.25) is 20.4 Å². The Morgan fingerprint density at radius 1 is 0.590 bits per heavy atom. The molecule has 0 fully saturated rings. The molecule has 2 aliphatic rings. The molecule has 0 spiro atoms. The zero-order valence-electron chi connectivity index (χ0n) is 20.6. The van der Waals surface area contributed by atoms with Gasteiger partial charge in [-0.1, -0.05) is 71.2 Å². The van der Waals surface area contributed by atoms with Crippen LogP contribution in [-0.2, 0) is 36.9 Å². The number of aromatic nitrogens is 2. The summed E-state index contributed by atoms with van der Waals surface area (Å²) in [7, 11) is 0. The molecule has 0 unspecified atom stereocenters. The number of hydrogen-bond acceptors (Lipinski definition) is 10. The predicted octanol–water partition coefficient (Wildman–Crippen LogP) is 5.58. The third kappa shape index (κ3) is 7.59. The van der Waals surface area contributed by atoms with Crippen LogP contribution in [-0.4, -0.2) is 21.5 Å². The Balaban J connectivity index is 0.000000176. The summed E-state index contributed by atoms with van der Waals surface area (Å²) in [5.74, 6) is -0.0257. The van der Waals surface area contributed by atoms with Gasteiger partial charge in [0.1, 0.15) is 0 Å². The van der Waals surface area contributed by atoms with E-state index in [1.54, 1.807) is 59.4 Å². The largest absolute Gasteiger partial charge is 0.306 e. The third-order valence-electron chi connectivity index (χ3n) is 5.24.